The van der Waals surface area contributed by atoms with Crippen LogP contribution in [0.4, 0.5) is 8.78 Å². The number of halogens is 2. The van der Waals surface area contributed by atoms with E-state index in [0.717, 1.165) is 35.0 Å². The van der Waals surface area contributed by atoms with E-state index in [1.165, 1.54) is 35.1 Å². The number of benzene rings is 1. The average Bonchev–Trinajstić information content (AvgIpc) is 3.22. The lowest BCUT2D eigenvalue weighted by Crippen LogP contribution is -2.48. The molecule has 0 saturated carbocycles. The molecule has 1 amide bonds. The summed E-state index contributed by atoms with van der Waals surface area (Å²) >= 11 is 1.65. The second-order valence-corrected chi connectivity index (χ2v) is 9.87. The number of carbonyl (C=O) groups is 1. The maximum atomic E-state index is 12.8. The van der Waals surface area contributed by atoms with E-state index >= 15 is 0 Å². The monoisotopic (exact) mass is 500 g/mol. The van der Waals surface area contributed by atoms with Gasteiger partial charge in [-0.1, -0.05) is 12.1 Å². The van der Waals surface area contributed by atoms with E-state index < -0.39 is 6.61 Å². The highest BCUT2D eigenvalue weighted by Gasteiger charge is 2.23. The minimum absolute atomic E-state index is 0.0443. The fourth-order valence-electron chi connectivity index (χ4n) is 4.65. The molecule has 0 spiro atoms. The van der Waals surface area contributed by atoms with Gasteiger partial charge in [0.15, 0.2) is 0 Å². The van der Waals surface area contributed by atoms with E-state index in [9.17, 15) is 18.4 Å². The van der Waals surface area contributed by atoms with E-state index in [0.29, 0.717) is 38.5 Å². The molecule has 2 aliphatic rings. The summed E-state index contributed by atoms with van der Waals surface area (Å²) in [6.07, 6.45) is 7.44. The molecule has 7 nitrogen and oxygen atoms in total. The van der Waals surface area contributed by atoms with Crippen molar-refractivity contribution in [1.29, 1.82) is 0 Å². The Morgan fingerprint density at radius 3 is 2.63 bits per heavy atom. The van der Waals surface area contributed by atoms with Crippen LogP contribution in [0.15, 0.2) is 35.1 Å². The molecule has 1 aliphatic heterocycles. The number of aromatic nitrogens is 2. The van der Waals surface area contributed by atoms with Gasteiger partial charge >= 0.3 is 6.61 Å². The zero-order chi connectivity index (χ0) is 24.4. The number of fused-ring (bicyclic) bond motifs is 3. The van der Waals surface area contributed by atoms with Crippen LogP contribution < -0.4 is 10.3 Å². The van der Waals surface area contributed by atoms with E-state index in [2.05, 4.69) is 14.6 Å². The Balaban J connectivity index is 1.16. The van der Waals surface area contributed by atoms with Crippen LogP contribution in [0.25, 0.3) is 16.3 Å². The van der Waals surface area contributed by atoms with Crippen molar-refractivity contribution in [3.8, 4) is 5.75 Å². The van der Waals surface area contributed by atoms with E-state index in [1.807, 2.05) is 0 Å². The first-order valence-corrected chi connectivity index (χ1v) is 12.6. The summed E-state index contributed by atoms with van der Waals surface area (Å²) in [7, 11) is 0. The highest BCUT2D eigenvalue weighted by molar-refractivity contribution is 7.18. The molecular formula is C25H26F2N4O3S. The number of hydrogen-bond donors (Lipinski definition) is 1. The third-order valence-corrected chi connectivity index (χ3v) is 7.64. The van der Waals surface area contributed by atoms with Gasteiger partial charge in [-0.3, -0.25) is 14.5 Å². The number of nitrogens with one attached hydrogen (secondary N) is 1. The number of ether oxygens (including phenoxy) is 1. The lowest BCUT2D eigenvalue weighted by atomic mass is 9.97. The Hall–Kier alpha value is -3.11. The summed E-state index contributed by atoms with van der Waals surface area (Å²) in [6.45, 7) is 0.188. The first-order valence-electron chi connectivity index (χ1n) is 11.7. The Kier molecular flexibility index (Phi) is 6.92. The molecule has 0 bridgehead atoms. The molecule has 1 aliphatic carbocycles. The third kappa shape index (κ3) is 5.43. The van der Waals surface area contributed by atoms with E-state index in [-0.39, 0.29) is 17.2 Å². The van der Waals surface area contributed by atoms with Crippen LogP contribution in [0, 0.1) is 0 Å². The molecule has 3 aromatic rings. The topological polar surface area (TPSA) is 78.5 Å². The largest absolute Gasteiger partial charge is 0.435 e. The molecule has 3 heterocycles. The zero-order valence-electron chi connectivity index (χ0n) is 19.1. The van der Waals surface area contributed by atoms with Crippen LogP contribution in [-0.2, 0) is 24.2 Å². The average molecular weight is 501 g/mol. The van der Waals surface area contributed by atoms with Gasteiger partial charge in [0, 0.05) is 37.1 Å². The Morgan fingerprint density at radius 1 is 1.14 bits per heavy atom. The molecule has 35 heavy (non-hydrogen) atoms. The quantitative estimate of drug-likeness (QED) is 0.521. The van der Waals surface area contributed by atoms with Crippen molar-refractivity contribution >= 4 is 33.5 Å². The molecule has 184 valence electrons. The van der Waals surface area contributed by atoms with Crippen LogP contribution in [0.1, 0.15) is 34.7 Å². The van der Waals surface area contributed by atoms with Gasteiger partial charge in [0.1, 0.15) is 16.4 Å². The maximum absolute atomic E-state index is 12.8. The number of aryl methyl sites for hydroxylation is 2. The standard InChI is InChI=1S/C25H26F2N4O3S/c26-25(27)34-17-8-5-16(6-9-17)7-10-21(32)31-13-11-30(12-14-31)15-20-28-23(33)22-18-3-1-2-4-19(18)35-24(22)29-20/h5-10,25H,1-4,11-15H2,(H,28,29,33)/b10-7+. The first-order chi connectivity index (χ1) is 17.0. The summed E-state index contributed by atoms with van der Waals surface area (Å²) in [6, 6.07) is 6.12. The van der Waals surface area contributed by atoms with E-state index in [1.54, 1.807) is 34.4 Å². The molecule has 0 unspecified atom stereocenters. The van der Waals surface area contributed by atoms with Gasteiger partial charge in [-0.25, -0.2) is 4.98 Å². The van der Waals surface area contributed by atoms with E-state index in [4.69, 9.17) is 4.98 Å². The fourth-order valence-corrected chi connectivity index (χ4v) is 5.94. The molecule has 5 rings (SSSR count). The number of nitrogens with zero attached hydrogens (tertiary/aromatic N) is 3. The van der Waals surface area contributed by atoms with Crippen molar-refractivity contribution in [3.63, 3.8) is 0 Å². The van der Waals surface area contributed by atoms with Gasteiger partial charge in [-0.15, -0.1) is 11.3 Å². The first kappa shape index (κ1) is 23.6. The zero-order valence-corrected chi connectivity index (χ0v) is 20.0. The Bertz CT molecular complexity index is 1290. The number of piperazine rings is 1. The van der Waals surface area contributed by atoms with Crippen molar-refractivity contribution in [2.45, 2.75) is 38.8 Å². The number of thiophene rings is 1. The number of alkyl halides is 2. The predicted molar refractivity (Wildman–Crippen MR) is 131 cm³/mol. The highest BCUT2D eigenvalue weighted by atomic mass is 32.1. The van der Waals surface area contributed by atoms with Crippen LogP contribution in [0.3, 0.4) is 0 Å². The lowest BCUT2D eigenvalue weighted by Gasteiger charge is -2.33. The van der Waals surface area contributed by atoms with Crippen LogP contribution >= 0.6 is 11.3 Å². The Labute approximate surface area is 205 Å². The minimum Gasteiger partial charge on any atom is -0.435 e. The van der Waals surface area contributed by atoms with Gasteiger partial charge in [0.2, 0.25) is 5.91 Å². The molecule has 10 heteroatoms. The normalized spacial score (nSPS) is 16.8. The number of hydrogen-bond acceptors (Lipinski definition) is 6. The third-order valence-electron chi connectivity index (χ3n) is 6.46. The molecule has 1 aromatic carbocycles. The highest BCUT2D eigenvalue weighted by Crippen LogP contribution is 2.33. The van der Waals surface area contributed by atoms with Crippen molar-refractivity contribution in [2.24, 2.45) is 0 Å². The van der Waals surface area contributed by atoms with Crippen LogP contribution in [-0.4, -0.2) is 58.5 Å². The van der Waals surface area contributed by atoms with Crippen LogP contribution in [0.5, 0.6) is 5.75 Å². The van der Waals surface area contributed by atoms with Gasteiger partial charge in [-0.2, -0.15) is 8.78 Å². The van der Waals surface area contributed by atoms with Crippen LogP contribution in [0.2, 0.25) is 0 Å². The number of aromatic amines is 1. The smallest absolute Gasteiger partial charge is 0.387 e. The fraction of sp³-hybridized carbons (Fsp3) is 0.400. The van der Waals surface area contributed by atoms with Gasteiger partial charge < -0.3 is 14.6 Å². The van der Waals surface area contributed by atoms with Gasteiger partial charge in [0.25, 0.3) is 5.56 Å². The molecular weight excluding hydrogens is 474 g/mol. The molecule has 1 N–H and O–H groups in total. The maximum Gasteiger partial charge on any atom is 0.387 e. The number of rotatable bonds is 6. The SMILES string of the molecule is O=C(/C=C/c1ccc(OC(F)F)cc1)N1CCN(Cc2nc3sc4c(c3c(=O)[nH]2)CCCC4)CC1. The second-order valence-electron chi connectivity index (χ2n) is 8.79. The summed E-state index contributed by atoms with van der Waals surface area (Å²) < 4.78 is 28.8. The number of carbonyl (C=O) groups excluding carboxylic acids is 1. The molecule has 2 aromatic heterocycles. The Morgan fingerprint density at radius 2 is 1.89 bits per heavy atom. The minimum atomic E-state index is -2.86. The summed E-state index contributed by atoms with van der Waals surface area (Å²) in [5.41, 5.74) is 1.87. The molecule has 1 fully saturated rings. The summed E-state index contributed by atoms with van der Waals surface area (Å²) in [4.78, 5) is 39.2. The molecule has 1 saturated heterocycles. The van der Waals surface area contributed by atoms with Crippen molar-refractivity contribution in [3.05, 3.63) is 62.5 Å². The lowest BCUT2D eigenvalue weighted by molar-refractivity contribution is -0.127. The van der Waals surface area contributed by atoms with Crippen molar-refractivity contribution < 1.29 is 18.3 Å². The van der Waals surface area contributed by atoms with Crippen molar-refractivity contribution in [1.82, 2.24) is 19.8 Å². The predicted octanol–water partition coefficient (Wildman–Crippen LogP) is 3.82. The summed E-state index contributed by atoms with van der Waals surface area (Å²) in [5, 5.41) is 0.770. The molecule has 0 atom stereocenters. The summed E-state index contributed by atoms with van der Waals surface area (Å²) in [5.74, 6) is 0.642. The second kappa shape index (κ2) is 10.2. The number of amides is 1. The molecule has 0 radical (unpaired) electrons. The number of H-pyrrole nitrogens is 1. The van der Waals surface area contributed by atoms with Crippen molar-refractivity contribution in [2.75, 3.05) is 26.2 Å². The van der Waals surface area contributed by atoms with Gasteiger partial charge in [-0.05, 0) is 55.0 Å². The van der Waals surface area contributed by atoms with Gasteiger partial charge in [0.05, 0.1) is 11.9 Å².